The first-order valence-electron chi connectivity index (χ1n) is 35.6. The highest BCUT2D eigenvalue weighted by atomic mass is 31.2. The van der Waals surface area contributed by atoms with E-state index in [1.165, 1.54) is 38.5 Å². The van der Waals surface area contributed by atoms with Gasteiger partial charge in [0.05, 0.1) is 75.0 Å². The average molecular weight is 1470 g/mol. The van der Waals surface area contributed by atoms with E-state index in [9.17, 15) is 62.2 Å². The number of amides is 11. The van der Waals surface area contributed by atoms with Crippen LogP contribution in [0, 0.1) is 29.6 Å². The Morgan fingerprint density at radius 2 is 1.39 bits per heavy atom. The van der Waals surface area contributed by atoms with Crippen molar-refractivity contribution in [3.8, 4) is 0 Å². The molecule has 0 aromatic heterocycles. The number of anilines is 1. The number of phosphoric acid groups is 1. The van der Waals surface area contributed by atoms with Crippen LogP contribution in [0.1, 0.15) is 151 Å². The van der Waals surface area contributed by atoms with E-state index in [0.717, 1.165) is 0 Å². The molecule has 2 aliphatic heterocycles. The van der Waals surface area contributed by atoms with Crippen LogP contribution in [0.5, 0.6) is 0 Å². The molecule has 31 nitrogen and oxygen atoms in total. The van der Waals surface area contributed by atoms with Gasteiger partial charge in [-0.2, -0.15) is 0 Å². The molecule has 103 heavy (non-hydrogen) atoms. The van der Waals surface area contributed by atoms with Crippen LogP contribution in [0.4, 0.5) is 10.5 Å². The predicted octanol–water partition coefficient (Wildman–Crippen LogP) is 3.96. The van der Waals surface area contributed by atoms with Gasteiger partial charge in [0.2, 0.25) is 53.2 Å². The molecule has 2 saturated heterocycles. The maximum atomic E-state index is 14.6. The van der Waals surface area contributed by atoms with Gasteiger partial charge < -0.3 is 81.9 Å². The number of esters is 1. The zero-order chi connectivity index (χ0) is 77.0. The quantitative estimate of drug-likeness (QED) is 0.0255. The van der Waals surface area contributed by atoms with E-state index in [1.807, 2.05) is 60.5 Å². The third kappa shape index (κ3) is 27.4. The van der Waals surface area contributed by atoms with E-state index < -0.39 is 153 Å². The minimum atomic E-state index is -4.96. The van der Waals surface area contributed by atoms with Gasteiger partial charge in [0.15, 0.2) is 0 Å². The maximum absolute atomic E-state index is 14.6. The van der Waals surface area contributed by atoms with Crippen molar-refractivity contribution in [1.82, 2.24) is 51.9 Å². The molecule has 15 atom stereocenters. The topological polar surface area (TPSA) is 412 Å². The second-order valence-corrected chi connectivity index (χ2v) is 29.1. The van der Waals surface area contributed by atoms with Gasteiger partial charge in [0, 0.05) is 59.5 Å². The maximum Gasteiger partial charge on any atom is 0.473 e. The van der Waals surface area contributed by atoms with Crippen LogP contribution in [0.3, 0.4) is 0 Å². The minimum Gasteiger partial charge on any atom is -0.464 e. The number of likely N-dealkylation sites (tertiary alicyclic amines) is 1. The van der Waals surface area contributed by atoms with E-state index in [-0.39, 0.29) is 93.0 Å². The fourth-order valence-corrected chi connectivity index (χ4v) is 13.8. The summed E-state index contributed by atoms with van der Waals surface area (Å²) in [5.74, 6) is -7.66. The SMILES string of the molecule is CCOCCC(=O)N[C@@H](CC(=O)N[C@H]1CCOC1=O)C(=O)N[C@H](C(=O)N[C@@H](CCCNC(N)=O)C(=O)Nc1ccc(COP(=O)(O)O[C@@H](c2ccccc2)[C@@H](C)NC(=O)[C@H](C)[C@@H](OC)[C@@H]2CCCN2C(=O)C[C@@H](OC)[C@H]([C@@H](C)CC)N(C)C(=O)[C@@H](NC(=O)[C@H](C(C)C)N(C)C)C(C)C)cc1)C(C)C. The summed E-state index contributed by atoms with van der Waals surface area (Å²) >= 11 is 0. The predicted molar refractivity (Wildman–Crippen MR) is 383 cm³/mol. The molecule has 2 fully saturated rings. The molecular weight excluding hydrogens is 1360 g/mol. The molecule has 0 saturated carbocycles. The lowest BCUT2D eigenvalue weighted by Gasteiger charge is -2.41. The number of nitrogens with zero attached hydrogens (tertiary/aromatic N) is 3. The highest BCUT2D eigenvalue weighted by Gasteiger charge is 2.45. The number of ether oxygens (including phenoxy) is 4. The number of nitrogens with two attached hydrogens (primary N) is 1. The number of nitrogens with one attached hydrogen (secondary N) is 8. The molecule has 11 amide bonds. The lowest BCUT2D eigenvalue weighted by atomic mass is 9.89. The van der Waals surface area contributed by atoms with Gasteiger partial charge in [0.25, 0.3) is 0 Å². The Bertz CT molecular complexity index is 3160. The molecule has 0 bridgehead atoms. The summed E-state index contributed by atoms with van der Waals surface area (Å²) in [6.45, 7) is 20.3. The van der Waals surface area contributed by atoms with E-state index in [0.29, 0.717) is 43.5 Å². The number of hydrogen-bond acceptors (Lipinski definition) is 19. The highest BCUT2D eigenvalue weighted by molar-refractivity contribution is 7.47. The van der Waals surface area contributed by atoms with Crippen molar-refractivity contribution in [3.63, 3.8) is 0 Å². The lowest BCUT2D eigenvalue weighted by molar-refractivity contribution is -0.148. The largest absolute Gasteiger partial charge is 0.473 e. The number of primary amides is 1. The van der Waals surface area contributed by atoms with Crippen molar-refractivity contribution < 1.29 is 90.2 Å². The molecule has 2 aromatic rings. The number of carbonyl (C=O) groups is 11. The van der Waals surface area contributed by atoms with Gasteiger partial charge >= 0.3 is 19.8 Å². The van der Waals surface area contributed by atoms with Gasteiger partial charge in [-0.15, -0.1) is 0 Å². The number of benzene rings is 2. The first-order valence-corrected chi connectivity index (χ1v) is 37.1. The Labute approximate surface area is 606 Å². The Balaban J connectivity index is 1.45. The van der Waals surface area contributed by atoms with Crippen LogP contribution >= 0.6 is 7.82 Å². The molecule has 578 valence electrons. The Hall–Kier alpha value is -7.64. The molecule has 0 aliphatic carbocycles. The molecule has 4 rings (SSSR count). The lowest BCUT2D eigenvalue weighted by Crippen LogP contribution is -2.59. The smallest absolute Gasteiger partial charge is 0.464 e. The zero-order valence-corrected chi connectivity index (χ0v) is 63.7. The third-order valence-electron chi connectivity index (χ3n) is 18.6. The molecule has 0 spiro atoms. The van der Waals surface area contributed by atoms with Gasteiger partial charge in [-0.3, -0.25) is 57.1 Å². The van der Waals surface area contributed by atoms with Crippen LogP contribution in [0.15, 0.2) is 54.6 Å². The van der Waals surface area contributed by atoms with E-state index >= 15 is 0 Å². The number of hydrogen-bond donors (Lipinski definition) is 10. The van der Waals surface area contributed by atoms with Crippen molar-refractivity contribution in [2.24, 2.45) is 35.3 Å². The number of urea groups is 1. The molecule has 0 radical (unpaired) electrons. The van der Waals surface area contributed by atoms with E-state index in [4.69, 9.17) is 33.7 Å². The monoisotopic (exact) mass is 1470 g/mol. The Morgan fingerprint density at radius 3 is 1.95 bits per heavy atom. The van der Waals surface area contributed by atoms with Gasteiger partial charge in [0.1, 0.15) is 36.3 Å². The molecule has 2 heterocycles. The summed E-state index contributed by atoms with van der Waals surface area (Å²) in [4.78, 5) is 165. The summed E-state index contributed by atoms with van der Waals surface area (Å²) in [6.07, 6.45) is -1.55. The number of methoxy groups -OCH3 is 2. The van der Waals surface area contributed by atoms with Crippen molar-refractivity contribution >= 4 is 78.7 Å². The Kier molecular flexibility index (Phi) is 36.6. The van der Waals surface area contributed by atoms with Gasteiger partial charge in [-0.1, -0.05) is 111 Å². The third-order valence-corrected chi connectivity index (χ3v) is 19.5. The number of rotatable bonds is 44. The molecule has 2 aliphatic rings. The van der Waals surface area contributed by atoms with Crippen LogP contribution in [0.25, 0.3) is 0 Å². The summed E-state index contributed by atoms with van der Waals surface area (Å²) in [5, 5.41) is 21.4. The fraction of sp³-hybridized carbons (Fsp3) is 0.676. The second kappa shape index (κ2) is 43.0. The Morgan fingerprint density at radius 1 is 0.738 bits per heavy atom. The van der Waals surface area contributed by atoms with Crippen molar-refractivity contribution in [1.29, 1.82) is 0 Å². The highest BCUT2D eigenvalue weighted by Crippen LogP contribution is 2.49. The molecule has 32 heteroatoms. The average Bonchev–Trinajstić information content (AvgIpc) is 1.43. The van der Waals surface area contributed by atoms with Gasteiger partial charge in [-0.25, -0.2) is 14.2 Å². The van der Waals surface area contributed by atoms with Crippen LogP contribution < -0.4 is 48.3 Å². The molecule has 2 aromatic carbocycles. The first-order chi connectivity index (χ1) is 48.6. The fourth-order valence-electron chi connectivity index (χ4n) is 12.9. The summed E-state index contributed by atoms with van der Waals surface area (Å²) in [6, 6.07) is 5.17. The minimum absolute atomic E-state index is 0.0211. The molecule has 1 unspecified atom stereocenters. The van der Waals surface area contributed by atoms with Gasteiger partial charge in [-0.05, 0) is 101 Å². The van der Waals surface area contributed by atoms with E-state index in [2.05, 4.69) is 42.5 Å². The second-order valence-electron chi connectivity index (χ2n) is 27.7. The summed E-state index contributed by atoms with van der Waals surface area (Å²) in [7, 11) is 3.34. The normalized spacial score (nSPS) is 18.7. The number of likely N-dealkylation sites (N-methyl/N-ethyl adjacent to an activating group) is 2. The van der Waals surface area contributed by atoms with Crippen molar-refractivity contribution in [3.05, 3.63) is 65.7 Å². The number of cyclic esters (lactones) is 1. The molecular formula is C71H115N12O19P. The van der Waals surface area contributed by atoms with Crippen molar-refractivity contribution in [2.75, 3.05) is 73.6 Å². The first kappa shape index (κ1) is 87.8. The summed E-state index contributed by atoms with van der Waals surface area (Å²) in [5.41, 5.74) is 6.28. The molecule has 11 N–H and O–H groups in total. The van der Waals surface area contributed by atoms with E-state index in [1.54, 1.807) is 81.8 Å². The van der Waals surface area contributed by atoms with Crippen LogP contribution in [-0.2, 0) is 87.1 Å². The standard InChI is InChI=1S/C71H115N12O19P/c1-17-44(9)61(82(14)69(92)59(42(5)6)80-68(91)60(43(7)8)81(12)13)54(97-15)39-57(86)83-35-23-27-53(83)62(98-16)45(10)64(87)74-46(11)63(48-24-20-19-21-25-48)102-103(95,96)101-40-47-28-30-49(31-29-47)75-65(88)50(26-22-34-73-71(72)94)78-67(90)58(41(3)4)79-66(89)52(77-55(84)33-36-99-18-2)38-56(85)76-51-32-37-100-70(51)93/h19-21,24-25,28-31,41-46,50-54,58-63H,17-18,22-23,26-27,32-40H2,1-16H3,(H,74,87)(H,75,88)(H,76,85)(H,77,84)(H,78,90)(H,79,89)(H,80,91)(H,95,96)(H3,72,73,94)/t44-,45+,46+,50-,51-,52-,53-,54+,58-,59-,60-,61-,62+,63+/m0/s1. The number of carbonyl (C=O) groups excluding carboxylic acids is 11. The zero-order valence-electron chi connectivity index (χ0n) is 62.8. The van der Waals surface area contributed by atoms with Crippen LogP contribution in [0.2, 0.25) is 0 Å². The van der Waals surface area contributed by atoms with Crippen LogP contribution in [-0.4, -0.2) is 220 Å². The van der Waals surface area contributed by atoms with Crippen molar-refractivity contribution in [2.45, 2.75) is 213 Å². The summed E-state index contributed by atoms with van der Waals surface area (Å²) < 4.78 is 47.7. The number of phosphoric ester groups is 1.